The summed E-state index contributed by atoms with van der Waals surface area (Å²) < 4.78 is 5.14. The molecule has 0 bridgehead atoms. The molecule has 1 aliphatic carbocycles. The number of carbonyl (C=O) groups is 1. The molecule has 0 saturated heterocycles. The Balaban J connectivity index is 1.86. The van der Waals surface area contributed by atoms with E-state index in [0.717, 1.165) is 24.2 Å². The van der Waals surface area contributed by atoms with Crippen LogP contribution in [0.2, 0.25) is 0 Å². The zero-order chi connectivity index (χ0) is 16.6. The number of nitrogens with one attached hydrogen (secondary N) is 1. The van der Waals surface area contributed by atoms with Crippen LogP contribution in [0.3, 0.4) is 0 Å². The second-order valence-electron chi connectivity index (χ2n) is 7.37. The van der Waals surface area contributed by atoms with E-state index in [-0.39, 0.29) is 5.91 Å². The topological polar surface area (TPSA) is 41.6 Å². The molecule has 1 atom stereocenters. The van der Waals surface area contributed by atoms with Crippen LogP contribution in [-0.4, -0.2) is 32.2 Å². The van der Waals surface area contributed by atoms with Gasteiger partial charge in [0.15, 0.2) is 0 Å². The fourth-order valence-corrected chi connectivity index (χ4v) is 3.42. The van der Waals surface area contributed by atoms with Crippen molar-refractivity contribution < 1.29 is 9.53 Å². The molecule has 2 aliphatic rings. The molecule has 126 valence electrons. The zero-order valence-electron chi connectivity index (χ0n) is 14.7. The first-order valence-corrected chi connectivity index (χ1v) is 8.66. The Morgan fingerprint density at radius 3 is 2.78 bits per heavy atom. The van der Waals surface area contributed by atoms with Crippen molar-refractivity contribution in [2.24, 2.45) is 0 Å². The van der Waals surface area contributed by atoms with Gasteiger partial charge in [0.05, 0.1) is 5.41 Å². The third-order valence-corrected chi connectivity index (χ3v) is 5.06. The average Bonchev–Trinajstić information content (AvgIpc) is 3.31. The average molecular weight is 316 g/mol. The molecule has 1 aromatic rings. The third-order valence-electron chi connectivity index (χ3n) is 5.06. The Hall–Kier alpha value is -1.39. The number of amides is 1. The summed E-state index contributed by atoms with van der Waals surface area (Å²) in [6.45, 7) is 7.65. The Bertz CT molecular complexity index is 593. The minimum absolute atomic E-state index is 0.198. The van der Waals surface area contributed by atoms with Gasteiger partial charge in [0, 0.05) is 38.0 Å². The van der Waals surface area contributed by atoms with Gasteiger partial charge in [0.25, 0.3) is 0 Å². The van der Waals surface area contributed by atoms with Crippen LogP contribution in [0.1, 0.15) is 57.2 Å². The molecular weight excluding hydrogens is 288 g/mol. The van der Waals surface area contributed by atoms with Gasteiger partial charge in [0.1, 0.15) is 0 Å². The van der Waals surface area contributed by atoms with Crippen molar-refractivity contribution in [3.05, 3.63) is 29.3 Å². The Labute approximate surface area is 139 Å². The number of benzene rings is 1. The molecule has 0 spiro atoms. The second kappa shape index (κ2) is 6.25. The number of fused-ring (bicyclic) bond motifs is 1. The van der Waals surface area contributed by atoms with E-state index in [9.17, 15) is 4.79 Å². The molecule has 1 N–H and O–H groups in total. The summed E-state index contributed by atoms with van der Waals surface area (Å²) >= 11 is 0. The molecule has 1 fully saturated rings. The molecule has 0 aromatic heterocycles. The van der Waals surface area contributed by atoms with Gasteiger partial charge < -0.3 is 15.0 Å². The van der Waals surface area contributed by atoms with Crippen molar-refractivity contribution in [3.8, 4) is 0 Å². The molecule has 4 heteroatoms. The van der Waals surface area contributed by atoms with Crippen molar-refractivity contribution in [1.29, 1.82) is 0 Å². The largest absolute Gasteiger partial charge is 0.385 e. The lowest BCUT2D eigenvalue weighted by Crippen LogP contribution is -2.37. The highest BCUT2D eigenvalue weighted by Gasteiger charge is 2.43. The maximum Gasteiger partial charge on any atom is 0.237 e. The number of nitrogens with zero attached hydrogens (tertiary/aromatic N) is 1. The van der Waals surface area contributed by atoms with Gasteiger partial charge in [-0.25, -0.2) is 0 Å². The fourth-order valence-electron chi connectivity index (χ4n) is 3.42. The SMILES string of the molecule is COCCCN1C(=O)C(C)(C)c2ccc(C(C)NC3CC3)cc21. The predicted molar refractivity (Wildman–Crippen MR) is 92.9 cm³/mol. The van der Waals surface area contributed by atoms with Gasteiger partial charge in [-0.1, -0.05) is 12.1 Å². The Morgan fingerprint density at radius 2 is 2.13 bits per heavy atom. The quantitative estimate of drug-likeness (QED) is 0.786. The van der Waals surface area contributed by atoms with Crippen molar-refractivity contribution in [3.63, 3.8) is 0 Å². The molecule has 1 saturated carbocycles. The number of anilines is 1. The summed E-state index contributed by atoms with van der Waals surface area (Å²) in [7, 11) is 1.70. The first-order chi connectivity index (χ1) is 10.9. The molecule has 1 amide bonds. The highest BCUT2D eigenvalue weighted by Crippen LogP contribution is 2.42. The number of methoxy groups -OCH3 is 1. The van der Waals surface area contributed by atoms with E-state index in [4.69, 9.17) is 4.74 Å². The van der Waals surface area contributed by atoms with Gasteiger partial charge in [-0.05, 0) is 57.2 Å². The molecule has 4 nitrogen and oxygen atoms in total. The van der Waals surface area contributed by atoms with Gasteiger partial charge in [0.2, 0.25) is 5.91 Å². The van der Waals surface area contributed by atoms with Gasteiger partial charge >= 0.3 is 0 Å². The van der Waals surface area contributed by atoms with Gasteiger partial charge in [-0.3, -0.25) is 4.79 Å². The van der Waals surface area contributed by atoms with Crippen LogP contribution < -0.4 is 10.2 Å². The minimum Gasteiger partial charge on any atom is -0.385 e. The van der Waals surface area contributed by atoms with Crippen LogP contribution in [-0.2, 0) is 14.9 Å². The van der Waals surface area contributed by atoms with Crippen LogP contribution in [0.25, 0.3) is 0 Å². The monoisotopic (exact) mass is 316 g/mol. The molecule has 3 rings (SSSR count). The van der Waals surface area contributed by atoms with Gasteiger partial charge in [-0.2, -0.15) is 0 Å². The number of hydrogen-bond donors (Lipinski definition) is 1. The number of carbonyl (C=O) groups excluding carboxylic acids is 1. The summed E-state index contributed by atoms with van der Waals surface area (Å²) in [6, 6.07) is 7.52. The van der Waals surface area contributed by atoms with Crippen molar-refractivity contribution in [2.45, 2.75) is 57.5 Å². The van der Waals surface area contributed by atoms with Gasteiger partial charge in [-0.15, -0.1) is 0 Å². The van der Waals surface area contributed by atoms with Crippen molar-refractivity contribution >= 4 is 11.6 Å². The predicted octanol–water partition coefficient (Wildman–Crippen LogP) is 3.16. The number of hydrogen-bond acceptors (Lipinski definition) is 3. The van der Waals surface area contributed by atoms with Crippen molar-refractivity contribution in [1.82, 2.24) is 5.32 Å². The van der Waals surface area contributed by atoms with E-state index in [1.165, 1.54) is 18.4 Å². The van der Waals surface area contributed by atoms with Crippen LogP contribution in [0, 0.1) is 0 Å². The molecule has 0 radical (unpaired) electrons. The van der Waals surface area contributed by atoms with E-state index in [1.54, 1.807) is 7.11 Å². The van der Waals surface area contributed by atoms with Crippen LogP contribution in [0.5, 0.6) is 0 Å². The maximum atomic E-state index is 12.8. The van der Waals surface area contributed by atoms with E-state index in [2.05, 4.69) is 30.4 Å². The van der Waals surface area contributed by atoms with E-state index >= 15 is 0 Å². The second-order valence-corrected chi connectivity index (χ2v) is 7.37. The summed E-state index contributed by atoms with van der Waals surface area (Å²) in [4.78, 5) is 14.8. The molecular formula is C19H28N2O2. The van der Waals surface area contributed by atoms with E-state index in [0.29, 0.717) is 18.7 Å². The van der Waals surface area contributed by atoms with Crippen LogP contribution in [0.4, 0.5) is 5.69 Å². The highest BCUT2D eigenvalue weighted by atomic mass is 16.5. The molecule has 1 heterocycles. The molecule has 1 aliphatic heterocycles. The lowest BCUT2D eigenvalue weighted by molar-refractivity contribution is -0.122. The van der Waals surface area contributed by atoms with Crippen LogP contribution in [0.15, 0.2) is 18.2 Å². The summed E-state index contributed by atoms with van der Waals surface area (Å²) in [5.74, 6) is 0.198. The Kier molecular flexibility index (Phi) is 4.47. The van der Waals surface area contributed by atoms with Crippen molar-refractivity contribution in [2.75, 3.05) is 25.2 Å². The first-order valence-electron chi connectivity index (χ1n) is 8.66. The third kappa shape index (κ3) is 3.15. The minimum atomic E-state index is -0.436. The zero-order valence-corrected chi connectivity index (χ0v) is 14.7. The number of ether oxygens (including phenoxy) is 1. The summed E-state index contributed by atoms with van der Waals surface area (Å²) in [5.41, 5.74) is 3.05. The molecule has 1 aromatic carbocycles. The van der Waals surface area contributed by atoms with E-state index in [1.807, 2.05) is 18.7 Å². The lowest BCUT2D eigenvalue weighted by Gasteiger charge is -2.20. The normalized spacial score (nSPS) is 20.7. The number of rotatable bonds is 7. The summed E-state index contributed by atoms with van der Waals surface area (Å²) in [6.07, 6.45) is 3.42. The maximum absolute atomic E-state index is 12.8. The standard InChI is InChI=1S/C19H28N2O2/c1-13(20-15-7-8-15)14-6-9-16-17(12-14)21(10-5-11-23-4)18(22)19(16,2)3/h6,9,12-13,15,20H,5,7-8,10-11H2,1-4H3. The first kappa shape index (κ1) is 16.5. The fraction of sp³-hybridized carbons (Fsp3) is 0.632. The molecule has 1 unspecified atom stereocenters. The summed E-state index contributed by atoms with van der Waals surface area (Å²) in [5, 5.41) is 3.64. The lowest BCUT2D eigenvalue weighted by atomic mass is 9.85. The smallest absolute Gasteiger partial charge is 0.237 e. The van der Waals surface area contributed by atoms with E-state index < -0.39 is 5.41 Å². The highest BCUT2D eigenvalue weighted by molar-refractivity contribution is 6.07. The van der Waals surface area contributed by atoms with Crippen LogP contribution >= 0.6 is 0 Å². The molecule has 23 heavy (non-hydrogen) atoms. The Morgan fingerprint density at radius 1 is 1.39 bits per heavy atom.